The Kier molecular flexibility index (Phi) is 8.18. The van der Waals surface area contributed by atoms with Crippen molar-refractivity contribution in [2.45, 2.75) is 64.7 Å². The maximum absolute atomic E-state index is 6.42. The van der Waals surface area contributed by atoms with Crippen LogP contribution >= 0.6 is 12.4 Å². The van der Waals surface area contributed by atoms with Crippen LogP contribution < -0.4 is 5.73 Å². The zero-order valence-electron chi connectivity index (χ0n) is 15.8. The molecule has 0 bridgehead atoms. The van der Waals surface area contributed by atoms with Crippen LogP contribution in [0.2, 0.25) is 0 Å². The number of anilines is 1. The number of hydrogen-bond donors (Lipinski definition) is 1. The summed E-state index contributed by atoms with van der Waals surface area (Å²) in [5.41, 5.74) is 10.6. The molecule has 3 aromatic rings. The number of halogens is 1. The van der Waals surface area contributed by atoms with Gasteiger partial charge in [-0.15, -0.1) is 12.4 Å². The first-order valence-electron chi connectivity index (χ1n) is 9.86. The lowest BCUT2D eigenvalue weighted by Crippen LogP contribution is -1.94. The van der Waals surface area contributed by atoms with E-state index in [0.717, 1.165) is 33.9 Å². The lowest BCUT2D eigenvalue weighted by atomic mass is 10.0. The topological polar surface area (TPSA) is 38.9 Å². The van der Waals surface area contributed by atoms with E-state index in [1.54, 1.807) is 0 Å². The molecular formula is C23H31ClN2. The smallest absolute Gasteiger partial charge is 0.0730 e. The van der Waals surface area contributed by atoms with Gasteiger partial charge in [0.2, 0.25) is 0 Å². The summed E-state index contributed by atoms with van der Waals surface area (Å²) in [6.45, 7) is 2.27. The highest BCUT2D eigenvalue weighted by atomic mass is 35.5. The average molecular weight is 371 g/mol. The Morgan fingerprint density at radius 3 is 2.19 bits per heavy atom. The Bertz CT molecular complexity index is 829. The standard InChI is InChI=1S/C23H30N2.ClH/c1-2-3-4-5-6-7-8-9-12-18-15-16-22-20(17-18)23(24)19-13-10-11-14-21(19)25-22;/h10-11,13-17H,2-9,12H2,1H3,(H2,24,25);1H. The zero-order chi connectivity index (χ0) is 17.5. The normalized spacial score (nSPS) is 11.0. The minimum absolute atomic E-state index is 0. The van der Waals surface area contributed by atoms with E-state index < -0.39 is 0 Å². The number of nitrogens with zero attached hydrogens (tertiary/aromatic N) is 1. The van der Waals surface area contributed by atoms with E-state index in [-0.39, 0.29) is 12.4 Å². The molecule has 26 heavy (non-hydrogen) atoms. The number of rotatable bonds is 9. The third-order valence-corrected chi connectivity index (χ3v) is 5.11. The van der Waals surface area contributed by atoms with Crippen molar-refractivity contribution in [2.75, 3.05) is 5.73 Å². The predicted molar refractivity (Wildman–Crippen MR) is 117 cm³/mol. The number of benzene rings is 2. The molecule has 0 aliphatic carbocycles. The van der Waals surface area contributed by atoms with Gasteiger partial charge < -0.3 is 5.73 Å². The minimum atomic E-state index is 0. The molecule has 140 valence electrons. The van der Waals surface area contributed by atoms with Gasteiger partial charge in [-0.2, -0.15) is 0 Å². The summed E-state index contributed by atoms with van der Waals surface area (Å²) >= 11 is 0. The second-order valence-electron chi connectivity index (χ2n) is 7.12. The number of aromatic nitrogens is 1. The second-order valence-corrected chi connectivity index (χ2v) is 7.12. The van der Waals surface area contributed by atoms with Crippen LogP contribution in [0, 0.1) is 0 Å². The first-order valence-corrected chi connectivity index (χ1v) is 9.86. The third-order valence-electron chi connectivity index (χ3n) is 5.11. The fourth-order valence-electron chi connectivity index (χ4n) is 3.59. The Morgan fingerprint density at radius 2 is 1.42 bits per heavy atom. The van der Waals surface area contributed by atoms with Gasteiger partial charge >= 0.3 is 0 Å². The van der Waals surface area contributed by atoms with Gasteiger partial charge in [-0.1, -0.05) is 76.1 Å². The van der Waals surface area contributed by atoms with E-state index in [9.17, 15) is 0 Å². The van der Waals surface area contributed by atoms with Crippen LogP contribution in [0.5, 0.6) is 0 Å². The SMILES string of the molecule is CCCCCCCCCCc1ccc2nc3ccccc3c(N)c2c1.Cl. The van der Waals surface area contributed by atoms with Gasteiger partial charge in [0, 0.05) is 10.8 Å². The molecule has 2 N–H and O–H groups in total. The van der Waals surface area contributed by atoms with E-state index in [0.29, 0.717) is 0 Å². The molecular weight excluding hydrogens is 340 g/mol. The van der Waals surface area contributed by atoms with Crippen molar-refractivity contribution in [3.8, 4) is 0 Å². The van der Waals surface area contributed by atoms with E-state index in [1.807, 2.05) is 18.2 Å². The summed E-state index contributed by atoms with van der Waals surface area (Å²) in [4.78, 5) is 4.74. The third kappa shape index (κ3) is 5.11. The minimum Gasteiger partial charge on any atom is -0.398 e. The first kappa shape index (κ1) is 20.5. The molecule has 0 atom stereocenters. The highest BCUT2D eigenvalue weighted by molar-refractivity contribution is 6.06. The van der Waals surface area contributed by atoms with Crippen LogP contribution in [0.15, 0.2) is 42.5 Å². The highest BCUT2D eigenvalue weighted by Crippen LogP contribution is 2.29. The summed E-state index contributed by atoms with van der Waals surface area (Å²) in [7, 11) is 0. The number of unbranched alkanes of at least 4 members (excludes halogenated alkanes) is 7. The van der Waals surface area contributed by atoms with Crippen molar-refractivity contribution < 1.29 is 0 Å². The van der Waals surface area contributed by atoms with Crippen LogP contribution in [0.25, 0.3) is 21.8 Å². The molecule has 0 aliphatic rings. The van der Waals surface area contributed by atoms with Crippen molar-refractivity contribution >= 4 is 39.9 Å². The van der Waals surface area contributed by atoms with Crippen LogP contribution in [-0.2, 0) is 6.42 Å². The number of pyridine rings is 1. The molecule has 0 aliphatic heterocycles. The highest BCUT2D eigenvalue weighted by Gasteiger charge is 2.06. The lowest BCUT2D eigenvalue weighted by Gasteiger charge is -2.09. The predicted octanol–water partition coefficient (Wildman–Crippen LogP) is 7.08. The molecule has 1 heterocycles. The van der Waals surface area contributed by atoms with Crippen LogP contribution in [0.3, 0.4) is 0 Å². The number of hydrogen-bond acceptors (Lipinski definition) is 2. The molecule has 0 radical (unpaired) electrons. The summed E-state index contributed by atoms with van der Waals surface area (Å²) < 4.78 is 0. The molecule has 0 spiro atoms. The van der Waals surface area contributed by atoms with E-state index in [4.69, 9.17) is 10.7 Å². The van der Waals surface area contributed by atoms with E-state index in [1.165, 1.54) is 56.9 Å². The maximum Gasteiger partial charge on any atom is 0.0730 e. The Balaban J connectivity index is 0.00000243. The van der Waals surface area contributed by atoms with Gasteiger partial charge in [0.05, 0.1) is 16.7 Å². The molecule has 3 rings (SSSR count). The fourth-order valence-corrected chi connectivity index (χ4v) is 3.59. The van der Waals surface area contributed by atoms with Gasteiger partial charge in [-0.25, -0.2) is 4.98 Å². The van der Waals surface area contributed by atoms with Crippen molar-refractivity contribution in [1.82, 2.24) is 4.98 Å². The molecule has 0 saturated heterocycles. The molecule has 0 unspecified atom stereocenters. The van der Waals surface area contributed by atoms with Crippen molar-refractivity contribution in [3.63, 3.8) is 0 Å². The number of nitrogens with two attached hydrogens (primary N) is 1. The number of fused-ring (bicyclic) bond motifs is 2. The molecule has 0 fully saturated rings. The van der Waals surface area contributed by atoms with Crippen molar-refractivity contribution in [1.29, 1.82) is 0 Å². The molecule has 0 saturated carbocycles. The molecule has 1 aromatic heterocycles. The lowest BCUT2D eigenvalue weighted by molar-refractivity contribution is 0.575. The Hall–Kier alpha value is -1.80. The molecule has 2 aromatic carbocycles. The van der Waals surface area contributed by atoms with E-state index in [2.05, 4.69) is 31.2 Å². The van der Waals surface area contributed by atoms with Gasteiger partial charge in [-0.05, 0) is 36.6 Å². The Labute approximate surface area is 163 Å². The second kappa shape index (κ2) is 10.4. The molecule has 3 heteroatoms. The van der Waals surface area contributed by atoms with Crippen molar-refractivity contribution in [3.05, 3.63) is 48.0 Å². The average Bonchev–Trinajstić information content (AvgIpc) is 2.64. The largest absolute Gasteiger partial charge is 0.398 e. The van der Waals surface area contributed by atoms with Gasteiger partial charge in [0.25, 0.3) is 0 Å². The van der Waals surface area contributed by atoms with Gasteiger partial charge in [0.1, 0.15) is 0 Å². The van der Waals surface area contributed by atoms with Gasteiger partial charge in [-0.3, -0.25) is 0 Å². The van der Waals surface area contributed by atoms with E-state index >= 15 is 0 Å². The van der Waals surface area contributed by atoms with Crippen molar-refractivity contribution in [2.24, 2.45) is 0 Å². The van der Waals surface area contributed by atoms with Gasteiger partial charge in [0.15, 0.2) is 0 Å². The van der Waals surface area contributed by atoms with Crippen LogP contribution in [0.4, 0.5) is 5.69 Å². The Morgan fingerprint density at radius 1 is 0.769 bits per heavy atom. The number of nitrogen functional groups attached to an aromatic ring is 1. The zero-order valence-corrected chi connectivity index (χ0v) is 16.7. The van der Waals surface area contributed by atoms with Crippen LogP contribution in [-0.4, -0.2) is 4.98 Å². The maximum atomic E-state index is 6.42. The number of aryl methyl sites for hydroxylation is 1. The summed E-state index contributed by atoms with van der Waals surface area (Å²) in [5, 5.41) is 2.15. The number of para-hydroxylation sites is 1. The van der Waals surface area contributed by atoms with Crippen LogP contribution in [0.1, 0.15) is 63.9 Å². The summed E-state index contributed by atoms with van der Waals surface area (Å²) in [5.74, 6) is 0. The molecule has 2 nitrogen and oxygen atoms in total. The monoisotopic (exact) mass is 370 g/mol. The fraction of sp³-hybridized carbons (Fsp3) is 0.435. The first-order chi connectivity index (χ1) is 12.3. The summed E-state index contributed by atoms with van der Waals surface area (Å²) in [6, 6.07) is 14.7. The quantitative estimate of drug-likeness (QED) is 0.323. The summed E-state index contributed by atoms with van der Waals surface area (Å²) in [6.07, 6.45) is 12.0. The molecule has 0 amide bonds.